The van der Waals surface area contributed by atoms with Crippen LogP contribution in [0.3, 0.4) is 0 Å². The Hall–Kier alpha value is -3.42. The number of piperidine rings is 1. The van der Waals surface area contributed by atoms with Crippen LogP contribution in [0, 0.1) is 0 Å². The predicted octanol–water partition coefficient (Wildman–Crippen LogP) is 2.68. The lowest BCUT2D eigenvalue weighted by Crippen LogP contribution is -2.47. The van der Waals surface area contributed by atoms with Gasteiger partial charge in [0.05, 0.1) is 34.9 Å². The Morgan fingerprint density at radius 2 is 1.50 bits per heavy atom. The van der Waals surface area contributed by atoms with E-state index in [0.29, 0.717) is 55.2 Å². The van der Waals surface area contributed by atoms with Gasteiger partial charge in [-0.1, -0.05) is 12.1 Å². The Labute approximate surface area is 188 Å². The summed E-state index contributed by atoms with van der Waals surface area (Å²) in [6.45, 7) is 1.21. The number of rotatable bonds is 8. The van der Waals surface area contributed by atoms with Crippen LogP contribution in [0.25, 0.3) is 0 Å². The number of amides is 2. The van der Waals surface area contributed by atoms with Crippen molar-refractivity contribution in [1.82, 2.24) is 10.2 Å². The van der Waals surface area contributed by atoms with E-state index >= 15 is 0 Å². The van der Waals surface area contributed by atoms with Gasteiger partial charge in [-0.25, -0.2) is 0 Å². The number of benzene rings is 2. The third kappa shape index (κ3) is 5.43. The quantitative estimate of drug-likeness (QED) is 0.677. The average Bonchev–Trinajstić information content (AvgIpc) is 2.83. The molecule has 1 N–H and O–H groups in total. The molecule has 1 aliphatic rings. The van der Waals surface area contributed by atoms with E-state index in [-0.39, 0.29) is 17.9 Å². The lowest BCUT2D eigenvalue weighted by atomic mass is 10.0. The Kier molecular flexibility index (Phi) is 7.81. The standard InChI is InChI=1S/C24H30N2O6/c1-29-19-7-5-16(6-8-19)13-22(27)26-11-9-18(10-12-26)25-24(28)17-14-20(30-2)23(32-4)21(15-17)31-3/h5-8,14-15,18H,9-13H2,1-4H3,(H,25,28). The topological polar surface area (TPSA) is 86.3 Å². The Balaban J connectivity index is 1.55. The fourth-order valence-corrected chi connectivity index (χ4v) is 3.78. The first-order chi connectivity index (χ1) is 15.5. The van der Waals surface area contributed by atoms with Crippen molar-refractivity contribution >= 4 is 11.8 Å². The predicted molar refractivity (Wildman–Crippen MR) is 120 cm³/mol. The molecule has 1 fully saturated rings. The summed E-state index contributed by atoms with van der Waals surface area (Å²) >= 11 is 0. The highest BCUT2D eigenvalue weighted by atomic mass is 16.5. The fourth-order valence-electron chi connectivity index (χ4n) is 3.78. The maximum Gasteiger partial charge on any atom is 0.251 e. The number of nitrogens with zero attached hydrogens (tertiary/aromatic N) is 1. The van der Waals surface area contributed by atoms with Gasteiger partial charge in [0.1, 0.15) is 5.75 Å². The molecule has 0 unspecified atom stereocenters. The van der Waals surface area contributed by atoms with E-state index in [0.717, 1.165) is 11.3 Å². The molecule has 8 nitrogen and oxygen atoms in total. The van der Waals surface area contributed by atoms with Crippen molar-refractivity contribution in [2.24, 2.45) is 0 Å². The second-order valence-corrected chi connectivity index (χ2v) is 7.57. The fraction of sp³-hybridized carbons (Fsp3) is 0.417. The zero-order chi connectivity index (χ0) is 23.1. The number of likely N-dealkylation sites (tertiary alicyclic amines) is 1. The second kappa shape index (κ2) is 10.7. The van der Waals surface area contributed by atoms with Gasteiger partial charge in [0.25, 0.3) is 5.91 Å². The summed E-state index contributed by atoms with van der Waals surface area (Å²) in [5.74, 6) is 1.93. The van der Waals surface area contributed by atoms with Crippen molar-refractivity contribution in [3.8, 4) is 23.0 Å². The summed E-state index contributed by atoms with van der Waals surface area (Å²) < 4.78 is 21.1. The second-order valence-electron chi connectivity index (χ2n) is 7.57. The molecule has 0 atom stereocenters. The normalized spacial score (nSPS) is 13.9. The number of hydrogen-bond donors (Lipinski definition) is 1. The van der Waals surface area contributed by atoms with Crippen molar-refractivity contribution in [1.29, 1.82) is 0 Å². The molecule has 0 aromatic heterocycles. The summed E-state index contributed by atoms with van der Waals surface area (Å²) in [6, 6.07) is 10.8. The summed E-state index contributed by atoms with van der Waals surface area (Å²) in [6.07, 6.45) is 1.75. The molecule has 1 aliphatic heterocycles. The minimum absolute atomic E-state index is 0.00775. The molecule has 3 rings (SSSR count). The zero-order valence-corrected chi connectivity index (χ0v) is 19.0. The molecule has 0 spiro atoms. The lowest BCUT2D eigenvalue weighted by molar-refractivity contribution is -0.131. The molecule has 1 heterocycles. The third-order valence-electron chi connectivity index (χ3n) is 5.62. The van der Waals surface area contributed by atoms with Gasteiger partial charge in [0.2, 0.25) is 11.7 Å². The highest BCUT2D eigenvalue weighted by Gasteiger charge is 2.25. The van der Waals surface area contributed by atoms with Crippen LogP contribution in [0.1, 0.15) is 28.8 Å². The molecule has 0 radical (unpaired) electrons. The van der Waals surface area contributed by atoms with Crippen LogP contribution in [0.4, 0.5) is 0 Å². The van der Waals surface area contributed by atoms with Gasteiger partial charge >= 0.3 is 0 Å². The Bertz CT molecular complexity index is 911. The van der Waals surface area contributed by atoms with E-state index in [2.05, 4.69) is 5.32 Å². The average molecular weight is 443 g/mol. The third-order valence-corrected chi connectivity index (χ3v) is 5.62. The molecular weight excluding hydrogens is 412 g/mol. The monoisotopic (exact) mass is 442 g/mol. The maximum atomic E-state index is 12.8. The summed E-state index contributed by atoms with van der Waals surface area (Å²) in [7, 11) is 6.16. The van der Waals surface area contributed by atoms with Crippen LogP contribution >= 0.6 is 0 Å². The molecule has 2 aromatic carbocycles. The first-order valence-corrected chi connectivity index (χ1v) is 10.5. The van der Waals surface area contributed by atoms with Gasteiger partial charge in [-0.15, -0.1) is 0 Å². The molecule has 0 saturated carbocycles. The van der Waals surface area contributed by atoms with Gasteiger partial charge in [-0.3, -0.25) is 9.59 Å². The molecule has 1 saturated heterocycles. The van der Waals surface area contributed by atoms with E-state index in [9.17, 15) is 9.59 Å². The minimum atomic E-state index is -0.215. The number of hydrogen-bond acceptors (Lipinski definition) is 6. The van der Waals surface area contributed by atoms with Gasteiger partial charge in [0.15, 0.2) is 11.5 Å². The molecular formula is C24H30N2O6. The van der Waals surface area contributed by atoms with E-state index in [1.807, 2.05) is 29.2 Å². The first-order valence-electron chi connectivity index (χ1n) is 10.5. The van der Waals surface area contributed by atoms with Crippen LogP contribution in [0.5, 0.6) is 23.0 Å². The van der Waals surface area contributed by atoms with Gasteiger partial charge < -0.3 is 29.2 Å². The number of carbonyl (C=O) groups is 2. The highest BCUT2D eigenvalue weighted by Crippen LogP contribution is 2.38. The van der Waals surface area contributed by atoms with Crippen molar-refractivity contribution < 1.29 is 28.5 Å². The van der Waals surface area contributed by atoms with Crippen LogP contribution in [0.2, 0.25) is 0 Å². The smallest absolute Gasteiger partial charge is 0.251 e. The Morgan fingerprint density at radius 1 is 0.906 bits per heavy atom. The number of ether oxygens (including phenoxy) is 4. The summed E-state index contributed by atoms with van der Waals surface area (Å²) in [4.78, 5) is 27.3. The first kappa shape index (κ1) is 23.2. The highest BCUT2D eigenvalue weighted by molar-refractivity contribution is 5.95. The van der Waals surface area contributed by atoms with Crippen molar-refractivity contribution in [2.75, 3.05) is 41.5 Å². The van der Waals surface area contributed by atoms with E-state index in [1.165, 1.54) is 21.3 Å². The van der Waals surface area contributed by atoms with E-state index < -0.39 is 0 Å². The minimum Gasteiger partial charge on any atom is -0.497 e. The van der Waals surface area contributed by atoms with Gasteiger partial charge in [-0.05, 0) is 42.7 Å². The molecule has 32 heavy (non-hydrogen) atoms. The van der Waals surface area contributed by atoms with Gasteiger partial charge in [-0.2, -0.15) is 0 Å². The number of carbonyl (C=O) groups excluding carboxylic acids is 2. The van der Waals surface area contributed by atoms with E-state index in [1.54, 1.807) is 19.2 Å². The van der Waals surface area contributed by atoms with Crippen molar-refractivity contribution in [2.45, 2.75) is 25.3 Å². The van der Waals surface area contributed by atoms with Crippen LogP contribution in [0.15, 0.2) is 36.4 Å². The molecule has 2 amide bonds. The molecule has 8 heteroatoms. The molecule has 172 valence electrons. The van der Waals surface area contributed by atoms with Crippen LogP contribution < -0.4 is 24.3 Å². The molecule has 2 aromatic rings. The molecule has 0 bridgehead atoms. The zero-order valence-electron chi connectivity index (χ0n) is 19.0. The van der Waals surface area contributed by atoms with Crippen molar-refractivity contribution in [3.63, 3.8) is 0 Å². The van der Waals surface area contributed by atoms with Gasteiger partial charge in [0, 0.05) is 24.7 Å². The van der Waals surface area contributed by atoms with Crippen molar-refractivity contribution in [3.05, 3.63) is 47.5 Å². The SMILES string of the molecule is COc1ccc(CC(=O)N2CCC(NC(=O)c3cc(OC)c(OC)c(OC)c3)CC2)cc1. The lowest BCUT2D eigenvalue weighted by Gasteiger charge is -2.32. The number of nitrogens with one attached hydrogen (secondary N) is 1. The Morgan fingerprint density at radius 3 is 2.00 bits per heavy atom. The van der Waals surface area contributed by atoms with E-state index in [4.69, 9.17) is 18.9 Å². The van der Waals surface area contributed by atoms with Crippen LogP contribution in [-0.2, 0) is 11.2 Å². The summed E-state index contributed by atoms with van der Waals surface area (Å²) in [5.41, 5.74) is 1.38. The maximum absolute atomic E-state index is 12.8. The molecule has 0 aliphatic carbocycles. The van der Waals surface area contributed by atoms with Crippen LogP contribution in [-0.4, -0.2) is 64.3 Å². The largest absolute Gasteiger partial charge is 0.497 e. The summed E-state index contributed by atoms with van der Waals surface area (Å²) in [5, 5.41) is 3.05. The number of methoxy groups -OCH3 is 4.